The van der Waals surface area contributed by atoms with Gasteiger partial charge in [-0.05, 0) is 35.9 Å². The van der Waals surface area contributed by atoms with Crippen molar-refractivity contribution in [3.05, 3.63) is 89.2 Å². The van der Waals surface area contributed by atoms with E-state index in [1.165, 1.54) is 0 Å². The molecule has 0 aliphatic rings. The topological polar surface area (TPSA) is 30.0 Å². The van der Waals surface area contributed by atoms with Gasteiger partial charge in [0, 0.05) is 17.8 Å². The van der Waals surface area contributed by atoms with Gasteiger partial charge in [0.2, 0.25) is 5.78 Å². The van der Waals surface area contributed by atoms with E-state index >= 15 is 0 Å². The van der Waals surface area contributed by atoms with Crippen molar-refractivity contribution in [3.63, 3.8) is 0 Å². The molecule has 0 amide bonds. The van der Waals surface area contributed by atoms with E-state index in [0.717, 1.165) is 42.6 Å². The number of rotatable bonds is 4. The fourth-order valence-electron chi connectivity index (χ4n) is 2.56. The van der Waals surface area contributed by atoms with Crippen LogP contribution in [0.5, 0.6) is 0 Å². The molecule has 0 saturated carbocycles. The van der Waals surface area contributed by atoms with Crippen molar-refractivity contribution >= 4 is 5.78 Å². The lowest BCUT2D eigenvalue weighted by Crippen LogP contribution is -2.28. The van der Waals surface area contributed by atoms with Gasteiger partial charge in [0.05, 0.1) is 11.1 Å². The Hall–Kier alpha value is -3.23. The van der Waals surface area contributed by atoms with Crippen molar-refractivity contribution in [1.29, 1.82) is 0 Å². The molecule has 3 rings (SSSR count). The summed E-state index contributed by atoms with van der Waals surface area (Å²) < 4.78 is 93.2. The molecule has 0 radical (unpaired) electrons. The number of ketones is 1. The van der Waals surface area contributed by atoms with Crippen LogP contribution in [0.25, 0.3) is 11.1 Å². The molecule has 29 heavy (non-hydrogen) atoms. The Morgan fingerprint density at radius 2 is 1.41 bits per heavy atom. The minimum absolute atomic E-state index is 0.235. The van der Waals surface area contributed by atoms with Crippen LogP contribution in [-0.2, 0) is 12.1 Å². The van der Waals surface area contributed by atoms with Gasteiger partial charge in [-0.2, -0.15) is 22.0 Å². The zero-order chi connectivity index (χ0) is 21.4. The van der Waals surface area contributed by atoms with Crippen LogP contribution in [0, 0.1) is 11.6 Å². The number of Topliss-reactive ketones (excluding diaryl/α,β-unsaturated/α-hetero) is 1. The van der Waals surface area contributed by atoms with E-state index in [1.54, 1.807) is 0 Å². The zero-order valence-electron chi connectivity index (χ0n) is 14.3. The molecule has 9 heteroatoms. The maximum Gasteiger partial charge on any atom is 0.416 e. The molecular weight excluding hydrogens is 403 g/mol. The normalized spacial score (nSPS) is 12.1. The number of benzene rings is 2. The molecule has 0 aliphatic carbocycles. The van der Waals surface area contributed by atoms with Crippen LogP contribution in [0.15, 0.2) is 60.8 Å². The predicted octanol–water partition coefficient (Wildman–Crippen LogP) is 6.02. The van der Waals surface area contributed by atoms with Gasteiger partial charge in [-0.1, -0.05) is 18.2 Å². The van der Waals surface area contributed by atoms with E-state index < -0.39 is 46.3 Å². The lowest BCUT2D eigenvalue weighted by molar-refractivity contribution is -0.137. The third kappa shape index (κ3) is 4.13. The number of aromatic nitrogens is 1. The first-order chi connectivity index (χ1) is 13.5. The Labute approximate surface area is 159 Å². The summed E-state index contributed by atoms with van der Waals surface area (Å²) in [6, 6.07) is 7.51. The Bertz CT molecular complexity index is 1040. The summed E-state index contributed by atoms with van der Waals surface area (Å²) in [5.74, 6) is -8.56. The molecule has 0 saturated heterocycles. The fourth-order valence-corrected chi connectivity index (χ4v) is 2.56. The minimum Gasteiger partial charge on any atom is -0.287 e. The summed E-state index contributed by atoms with van der Waals surface area (Å²) in [5, 5.41) is 0. The van der Waals surface area contributed by atoms with Crippen molar-refractivity contribution in [2.24, 2.45) is 0 Å². The molecule has 0 aliphatic heterocycles. The van der Waals surface area contributed by atoms with Crippen LogP contribution < -0.4 is 0 Å². The number of alkyl halides is 5. The molecular formula is C20H10F7NO. The second kappa shape index (κ2) is 7.31. The molecule has 0 N–H and O–H groups in total. The van der Waals surface area contributed by atoms with E-state index in [0.29, 0.717) is 18.2 Å². The molecule has 1 aromatic heterocycles. The van der Waals surface area contributed by atoms with E-state index in [1.807, 2.05) is 0 Å². The summed E-state index contributed by atoms with van der Waals surface area (Å²) in [4.78, 5) is 15.5. The van der Waals surface area contributed by atoms with Gasteiger partial charge in [0.15, 0.2) is 0 Å². The summed E-state index contributed by atoms with van der Waals surface area (Å²) in [6.45, 7) is 0. The summed E-state index contributed by atoms with van der Waals surface area (Å²) in [5.41, 5.74) is -2.33. The lowest BCUT2D eigenvalue weighted by atomic mass is 10.0. The van der Waals surface area contributed by atoms with Gasteiger partial charge in [0.25, 0.3) is 0 Å². The number of carbonyl (C=O) groups is 1. The quantitative estimate of drug-likeness (QED) is 0.387. The second-order valence-electron chi connectivity index (χ2n) is 6.03. The highest BCUT2D eigenvalue weighted by Crippen LogP contribution is 2.34. The van der Waals surface area contributed by atoms with Gasteiger partial charge < -0.3 is 0 Å². The van der Waals surface area contributed by atoms with Gasteiger partial charge in [-0.25, -0.2) is 8.78 Å². The second-order valence-corrected chi connectivity index (χ2v) is 6.03. The molecule has 3 aromatic rings. The van der Waals surface area contributed by atoms with Gasteiger partial charge in [-0.3, -0.25) is 9.78 Å². The molecule has 0 spiro atoms. The Morgan fingerprint density at radius 3 is 1.93 bits per heavy atom. The predicted molar refractivity (Wildman–Crippen MR) is 89.3 cm³/mol. The number of pyridine rings is 1. The van der Waals surface area contributed by atoms with Crippen molar-refractivity contribution < 1.29 is 35.5 Å². The monoisotopic (exact) mass is 413 g/mol. The molecule has 0 bridgehead atoms. The van der Waals surface area contributed by atoms with Crippen LogP contribution in [-0.4, -0.2) is 10.8 Å². The van der Waals surface area contributed by atoms with Gasteiger partial charge in [0.1, 0.15) is 17.3 Å². The van der Waals surface area contributed by atoms with Crippen LogP contribution in [0.3, 0.4) is 0 Å². The first kappa shape index (κ1) is 20.5. The number of halogens is 7. The van der Waals surface area contributed by atoms with Crippen molar-refractivity contribution in [3.8, 4) is 11.1 Å². The smallest absolute Gasteiger partial charge is 0.287 e. The third-order valence-corrected chi connectivity index (χ3v) is 4.09. The standard InChI is InChI=1S/C20H10F7NO/c21-14-6-7-15(16(22)9-14)18(29)19(23,24)17-8-3-12(10-28-17)11-1-4-13(5-2-11)20(25,26)27/h1-10H. The number of hydrogen-bond acceptors (Lipinski definition) is 2. The first-order valence-electron chi connectivity index (χ1n) is 8.02. The minimum atomic E-state index is -4.52. The Morgan fingerprint density at radius 1 is 0.793 bits per heavy atom. The van der Waals surface area contributed by atoms with Gasteiger partial charge in [-0.15, -0.1) is 0 Å². The van der Waals surface area contributed by atoms with Gasteiger partial charge >= 0.3 is 12.1 Å². The summed E-state index contributed by atoms with van der Waals surface area (Å²) in [7, 11) is 0. The van der Waals surface area contributed by atoms with E-state index in [4.69, 9.17) is 0 Å². The van der Waals surface area contributed by atoms with Crippen molar-refractivity contribution in [2.45, 2.75) is 12.1 Å². The molecule has 2 nitrogen and oxygen atoms in total. The maximum atomic E-state index is 14.4. The highest BCUT2D eigenvalue weighted by molar-refractivity contribution is 6.01. The molecule has 2 aromatic carbocycles. The number of hydrogen-bond donors (Lipinski definition) is 0. The van der Waals surface area contributed by atoms with Crippen molar-refractivity contribution in [1.82, 2.24) is 4.98 Å². The van der Waals surface area contributed by atoms with E-state index in [-0.39, 0.29) is 11.1 Å². The highest BCUT2D eigenvalue weighted by Gasteiger charge is 2.44. The SMILES string of the molecule is O=C(c1ccc(F)cc1F)C(F)(F)c1ccc(-c2ccc(C(F)(F)F)cc2)cn1. The van der Waals surface area contributed by atoms with Crippen LogP contribution >= 0.6 is 0 Å². The molecule has 1 heterocycles. The molecule has 0 fully saturated rings. The molecule has 0 atom stereocenters. The summed E-state index contributed by atoms with van der Waals surface area (Å²) in [6.07, 6.45) is -3.56. The third-order valence-electron chi connectivity index (χ3n) is 4.09. The maximum absolute atomic E-state index is 14.4. The number of nitrogens with zero attached hydrogens (tertiary/aromatic N) is 1. The lowest BCUT2D eigenvalue weighted by Gasteiger charge is -2.15. The Kier molecular flexibility index (Phi) is 5.16. The molecule has 150 valence electrons. The van der Waals surface area contributed by atoms with E-state index in [9.17, 15) is 35.5 Å². The van der Waals surface area contributed by atoms with Crippen molar-refractivity contribution in [2.75, 3.05) is 0 Å². The summed E-state index contributed by atoms with van der Waals surface area (Å²) >= 11 is 0. The molecule has 0 unspecified atom stereocenters. The number of carbonyl (C=O) groups excluding carboxylic acids is 1. The van der Waals surface area contributed by atoms with Crippen LogP contribution in [0.1, 0.15) is 21.6 Å². The average molecular weight is 413 g/mol. The van der Waals surface area contributed by atoms with Crippen LogP contribution in [0.2, 0.25) is 0 Å². The van der Waals surface area contributed by atoms with Crippen LogP contribution in [0.4, 0.5) is 30.7 Å². The zero-order valence-corrected chi connectivity index (χ0v) is 14.3. The largest absolute Gasteiger partial charge is 0.416 e. The highest BCUT2D eigenvalue weighted by atomic mass is 19.4. The average Bonchev–Trinajstić information content (AvgIpc) is 2.67. The Balaban J connectivity index is 1.87. The van der Waals surface area contributed by atoms with E-state index in [2.05, 4.69) is 4.98 Å². The first-order valence-corrected chi connectivity index (χ1v) is 8.02. The fraction of sp³-hybridized carbons (Fsp3) is 0.100.